The van der Waals surface area contributed by atoms with Crippen LogP contribution < -0.4 is 10.5 Å². The van der Waals surface area contributed by atoms with Crippen molar-refractivity contribution in [2.75, 3.05) is 5.73 Å². The SMILES string of the molecule is C[C@H](O)Cn1cc(N)cc1S(=O)(=O)c1ccc(OC(F)(F)F)cc1. The van der Waals surface area contributed by atoms with Crippen molar-refractivity contribution in [1.29, 1.82) is 0 Å². The van der Waals surface area contributed by atoms with Crippen LogP contribution in [0.1, 0.15) is 6.92 Å². The van der Waals surface area contributed by atoms with Crippen LogP contribution in [0.2, 0.25) is 0 Å². The van der Waals surface area contributed by atoms with Gasteiger partial charge in [-0.2, -0.15) is 0 Å². The first-order valence-corrected chi connectivity index (χ1v) is 8.22. The Bertz CT molecular complexity index is 812. The fraction of sp³-hybridized carbons (Fsp3) is 0.286. The number of anilines is 1. The van der Waals surface area contributed by atoms with Crippen molar-refractivity contribution in [1.82, 2.24) is 4.57 Å². The Labute approximate surface area is 136 Å². The average molecular weight is 364 g/mol. The molecule has 0 aliphatic rings. The fourth-order valence-electron chi connectivity index (χ4n) is 2.11. The molecule has 1 aromatic heterocycles. The second kappa shape index (κ2) is 6.36. The number of hydrogen-bond acceptors (Lipinski definition) is 5. The number of halogens is 3. The van der Waals surface area contributed by atoms with E-state index in [2.05, 4.69) is 4.74 Å². The third kappa shape index (κ3) is 4.20. The van der Waals surface area contributed by atoms with Crippen LogP contribution in [-0.4, -0.2) is 30.6 Å². The minimum absolute atomic E-state index is 0.00102. The lowest BCUT2D eigenvalue weighted by Gasteiger charge is -2.12. The van der Waals surface area contributed by atoms with Crippen LogP contribution in [0.3, 0.4) is 0 Å². The molecular formula is C14H15F3N2O4S. The summed E-state index contributed by atoms with van der Waals surface area (Å²) in [6, 6.07) is 5.05. The van der Waals surface area contributed by atoms with Gasteiger partial charge in [0.1, 0.15) is 10.8 Å². The molecule has 1 aromatic carbocycles. The number of aromatic nitrogens is 1. The summed E-state index contributed by atoms with van der Waals surface area (Å²) in [6.45, 7) is 1.48. The smallest absolute Gasteiger partial charge is 0.406 e. The van der Waals surface area contributed by atoms with Crippen molar-refractivity contribution in [3.05, 3.63) is 36.5 Å². The molecule has 6 nitrogen and oxygen atoms in total. The molecule has 24 heavy (non-hydrogen) atoms. The standard InChI is InChI=1S/C14H15F3N2O4S/c1-9(20)7-19-8-10(18)6-13(19)24(21,22)12-4-2-11(3-5-12)23-14(15,16)17/h2-6,8-9,20H,7,18H2,1H3/t9-/m0/s1. The zero-order valence-electron chi connectivity index (χ0n) is 12.5. The quantitative estimate of drug-likeness (QED) is 0.848. The van der Waals surface area contributed by atoms with Gasteiger partial charge in [-0.25, -0.2) is 8.42 Å². The number of aliphatic hydroxyl groups excluding tert-OH is 1. The number of rotatable bonds is 5. The Morgan fingerprint density at radius 3 is 2.38 bits per heavy atom. The summed E-state index contributed by atoms with van der Waals surface area (Å²) in [6.07, 6.45) is -4.31. The normalized spacial score (nSPS) is 13.7. The lowest BCUT2D eigenvalue weighted by atomic mass is 10.3. The van der Waals surface area contributed by atoms with Crippen molar-refractivity contribution in [2.24, 2.45) is 0 Å². The molecule has 0 aliphatic heterocycles. The second-order valence-electron chi connectivity index (χ2n) is 5.14. The topological polar surface area (TPSA) is 94.5 Å². The van der Waals surface area contributed by atoms with E-state index < -0.39 is 28.1 Å². The van der Waals surface area contributed by atoms with E-state index in [0.717, 1.165) is 24.3 Å². The molecule has 132 valence electrons. The van der Waals surface area contributed by atoms with Crippen molar-refractivity contribution in [3.8, 4) is 5.75 Å². The highest BCUT2D eigenvalue weighted by Gasteiger charge is 2.31. The zero-order chi connectivity index (χ0) is 18.1. The Morgan fingerprint density at radius 2 is 1.88 bits per heavy atom. The third-order valence-electron chi connectivity index (χ3n) is 2.98. The van der Waals surface area contributed by atoms with Gasteiger partial charge >= 0.3 is 6.36 Å². The Hall–Kier alpha value is -2.20. The highest BCUT2D eigenvalue weighted by molar-refractivity contribution is 7.91. The van der Waals surface area contributed by atoms with Gasteiger partial charge in [0.05, 0.1) is 16.7 Å². The first-order chi connectivity index (χ1) is 11.0. The number of nitrogens with zero attached hydrogens (tertiary/aromatic N) is 1. The molecule has 3 N–H and O–H groups in total. The molecule has 2 rings (SSSR count). The molecule has 0 saturated carbocycles. The van der Waals surface area contributed by atoms with Crippen molar-refractivity contribution < 1.29 is 31.4 Å². The van der Waals surface area contributed by atoms with E-state index in [4.69, 9.17) is 5.73 Å². The highest BCUT2D eigenvalue weighted by atomic mass is 32.2. The number of nitrogen functional groups attached to an aromatic ring is 1. The largest absolute Gasteiger partial charge is 0.573 e. The minimum Gasteiger partial charge on any atom is -0.406 e. The molecule has 0 amide bonds. The average Bonchev–Trinajstić information content (AvgIpc) is 2.78. The summed E-state index contributed by atoms with van der Waals surface area (Å²) in [5, 5.41) is 9.28. The van der Waals surface area contributed by atoms with Crippen molar-refractivity contribution >= 4 is 15.5 Å². The molecule has 0 spiro atoms. The Kier molecular flexibility index (Phi) is 4.81. The maximum Gasteiger partial charge on any atom is 0.573 e. The third-order valence-corrected chi connectivity index (χ3v) is 4.78. The number of sulfone groups is 1. The van der Waals surface area contributed by atoms with E-state index in [1.165, 1.54) is 23.8 Å². The van der Waals surface area contributed by atoms with E-state index in [1.54, 1.807) is 0 Å². The predicted octanol–water partition coefficient (Wildman–Crippen LogP) is 2.18. The summed E-state index contributed by atoms with van der Waals surface area (Å²) < 4.78 is 66.6. The second-order valence-corrected chi connectivity index (χ2v) is 7.03. The van der Waals surface area contributed by atoms with Crippen LogP contribution in [0.15, 0.2) is 46.5 Å². The van der Waals surface area contributed by atoms with Gasteiger partial charge in [0.15, 0.2) is 0 Å². The van der Waals surface area contributed by atoms with Crippen LogP contribution in [-0.2, 0) is 16.4 Å². The molecule has 0 saturated heterocycles. The number of hydrogen-bond donors (Lipinski definition) is 2. The van der Waals surface area contributed by atoms with Crippen LogP contribution in [0.25, 0.3) is 0 Å². The van der Waals surface area contributed by atoms with Crippen molar-refractivity contribution in [3.63, 3.8) is 0 Å². The van der Waals surface area contributed by atoms with Crippen LogP contribution >= 0.6 is 0 Å². The summed E-state index contributed by atoms with van der Waals surface area (Å²) in [5.74, 6) is -0.527. The molecule has 0 unspecified atom stereocenters. The van der Waals surface area contributed by atoms with E-state index >= 15 is 0 Å². The molecular weight excluding hydrogens is 349 g/mol. The van der Waals surface area contributed by atoms with E-state index in [0.29, 0.717) is 0 Å². The summed E-state index contributed by atoms with van der Waals surface area (Å²) in [7, 11) is -4.02. The first kappa shape index (κ1) is 18.1. The van der Waals surface area contributed by atoms with Gasteiger partial charge in [-0.3, -0.25) is 0 Å². The van der Waals surface area contributed by atoms with E-state index in [1.807, 2.05) is 0 Å². The molecule has 0 fully saturated rings. The number of alkyl halides is 3. The summed E-state index contributed by atoms with van der Waals surface area (Å²) in [4.78, 5) is -0.220. The molecule has 1 atom stereocenters. The maximum atomic E-state index is 12.6. The van der Waals surface area contributed by atoms with Crippen molar-refractivity contribution in [2.45, 2.75) is 35.9 Å². The van der Waals surface area contributed by atoms with E-state index in [-0.39, 0.29) is 22.2 Å². The van der Waals surface area contributed by atoms with Gasteiger partial charge in [0, 0.05) is 12.7 Å². The summed E-state index contributed by atoms with van der Waals surface area (Å²) >= 11 is 0. The number of aliphatic hydroxyl groups is 1. The molecule has 0 aliphatic carbocycles. The lowest BCUT2D eigenvalue weighted by molar-refractivity contribution is -0.274. The predicted molar refractivity (Wildman–Crippen MR) is 79.1 cm³/mol. The number of benzene rings is 1. The van der Waals surface area contributed by atoms with Gasteiger partial charge in [0.25, 0.3) is 0 Å². The highest BCUT2D eigenvalue weighted by Crippen LogP contribution is 2.28. The van der Waals surface area contributed by atoms with Crippen LogP contribution in [0, 0.1) is 0 Å². The van der Waals surface area contributed by atoms with E-state index in [9.17, 15) is 26.7 Å². The van der Waals surface area contributed by atoms with Gasteiger partial charge in [0.2, 0.25) is 9.84 Å². The fourth-order valence-corrected chi connectivity index (χ4v) is 3.57. The van der Waals surface area contributed by atoms with Gasteiger partial charge in [-0.15, -0.1) is 13.2 Å². The number of ether oxygens (including phenoxy) is 1. The molecule has 10 heteroatoms. The van der Waals surface area contributed by atoms with Gasteiger partial charge in [-0.05, 0) is 37.3 Å². The molecule has 2 aromatic rings. The number of nitrogens with two attached hydrogens (primary N) is 1. The Balaban J connectivity index is 2.37. The molecule has 1 heterocycles. The zero-order valence-corrected chi connectivity index (χ0v) is 13.3. The monoisotopic (exact) mass is 364 g/mol. The van der Waals surface area contributed by atoms with Gasteiger partial charge < -0.3 is 20.1 Å². The molecule has 0 bridgehead atoms. The van der Waals surface area contributed by atoms with Crippen LogP contribution in [0.5, 0.6) is 5.75 Å². The van der Waals surface area contributed by atoms with Crippen LogP contribution in [0.4, 0.5) is 18.9 Å². The first-order valence-electron chi connectivity index (χ1n) is 6.73. The summed E-state index contributed by atoms with van der Waals surface area (Å²) in [5.41, 5.74) is 5.80. The lowest BCUT2D eigenvalue weighted by Crippen LogP contribution is -2.17. The molecule has 0 radical (unpaired) electrons. The maximum absolute atomic E-state index is 12.6. The van der Waals surface area contributed by atoms with Gasteiger partial charge in [-0.1, -0.05) is 0 Å². The minimum atomic E-state index is -4.86. The Morgan fingerprint density at radius 1 is 1.29 bits per heavy atom.